The summed E-state index contributed by atoms with van der Waals surface area (Å²) in [5.41, 5.74) is 0. The van der Waals surface area contributed by atoms with Crippen molar-refractivity contribution in [3.63, 3.8) is 0 Å². The highest BCUT2D eigenvalue weighted by Crippen LogP contribution is 2.19. The maximum Gasteiger partial charge on any atom is 0.211 e. The molecular weight excluding hydrogens is 368 g/mol. The van der Waals surface area contributed by atoms with E-state index >= 15 is 0 Å². The minimum Gasteiger partial charge on any atom is -0.385 e. The molecule has 1 N–H and O–H groups in total. The van der Waals surface area contributed by atoms with Crippen molar-refractivity contribution in [3.8, 4) is 0 Å². The van der Waals surface area contributed by atoms with Crippen molar-refractivity contribution in [2.45, 2.75) is 38.2 Å². The molecular formula is C18H36N4O4S. The van der Waals surface area contributed by atoms with E-state index in [-0.39, 0.29) is 0 Å². The Bertz CT molecular complexity index is 554. The third-order valence-electron chi connectivity index (χ3n) is 5.39. The Morgan fingerprint density at radius 2 is 1.78 bits per heavy atom. The zero-order valence-corrected chi connectivity index (χ0v) is 17.8. The second-order valence-corrected chi connectivity index (χ2v) is 9.42. The van der Waals surface area contributed by atoms with Crippen LogP contribution >= 0.6 is 0 Å². The van der Waals surface area contributed by atoms with Crippen LogP contribution in [0.1, 0.15) is 32.1 Å². The fraction of sp³-hybridized carbons (Fsp3) is 0.944. The number of aliphatic imine (C=N–C) groups is 1. The second-order valence-electron chi connectivity index (χ2n) is 7.44. The van der Waals surface area contributed by atoms with Crippen molar-refractivity contribution >= 4 is 16.0 Å². The maximum atomic E-state index is 11.6. The van der Waals surface area contributed by atoms with Gasteiger partial charge in [0.05, 0.1) is 12.4 Å². The van der Waals surface area contributed by atoms with Crippen molar-refractivity contribution in [1.82, 2.24) is 14.5 Å². The van der Waals surface area contributed by atoms with Crippen molar-refractivity contribution in [2.24, 2.45) is 10.9 Å². The molecule has 2 rings (SSSR count). The molecule has 2 aliphatic rings. The van der Waals surface area contributed by atoms with Gasteiger partial charge in [-0.3, -0.25) is 4.99 Å². The molecule has 9 heteroatoms. The second kappa shape index (κ2) is 11.2. The van der Waals surface area contributed by atoms with Gasteiger partial charge in [0.25, 0.3) is 0 Å². The van der Waals surface area contributed by atoms with Crippen LogP contribution in [-0.4, -0.2) is 96.0 Å². The lowest BCUT2D eigenvalue weighted by molar-refractivity contribution is 0.00987. The maximum absolute atomic E-state index is 11.6. The van der Waals surface area contributed by atoms with Crippen LogP contribution in [0.3, 0.4) is 0 Å². The van der Waals surface area contributed by atoms with Gasteiger partial charge in [-0.1, -0.05) is 0 Å². The number of nitrogens with zero attached hydrogens (tertiary/aromatic N) is 3. The number of ether oxygens (including phenoxy) is 2. The Morgan fingerprint density at radius 3 is 2.33 bits per heavy atom. The van der Waals surface area contributed by atoms with E-state index in [1.54, 1.807) is 11.4 Å². The van der Waals surface area contributed by atoms with E-state index in [4.69, 9.17) is 9.47 Å². The lowest BCUT2D eigenvalue weighted by atomic mass is 9.98. The summed E-state index contributed by atoms with van der Waals surface area (Å²) in [6.07, 6.45) is 6.39. The van der Waals surface area contributed by atoms with E-state index in [2.05, 4.69) is 15.2 Å². The van der Waals surface area contributed by atoms with Gasteiger partial charge in [0.2, 0.25) is 10.0 Å². The number of hydrogen-bond donors (Lipinski definition) is 1. The summed E-state index contributed by atoms with van der Waals surface area (Å²) in [5.74, 6) is 1.43. The van der Waals surface area contributed by atoms with Gasteiger partial charge < -0.3 is 19.7 Å². The van der Waals surface area contributed by atoms with Gasteiger partial charge in [-0.05, 0) is 38.0 Å². The number of sulfonamides is 1. The largest absolute Gasteiger partial charge is 0.385 e. The minimum absolute atomic E-state index is 0.330. The third kappa shape index (κ3) is 7.56. The molecule has 2 fully saturated rings. The molecule has 0 spiro atoms. The van der Waals surface area contributed by atoms with Gasteiger partial charge in [-0.15, -0.1) is 0 Å². The highest BCUT2D eigenvalue weighted by atomic mass is 32.2. The minimum atomic E-state index is -3.06. The predicted octanol–water partition coefficient (Wildman–Crippen LogP) is 0.751. The summed E-state index contributed by atoms with van der Waals surface area (Å²) < 4.78 is 35.8. The lowest BCUT2D eigenvalue weighted by Crippen LogP contribution is -2.49. The van der Waals surface area contributed by atoms with Gasteiger partial charge in [-0.2, -0.15) is 0 Å². The molecule has 0 unspecified atom stereocenters. The van der Waals surface area contributed by atoms with Gasteiger partial charge in [0.15, 0.2) is 5.96 Å². The smallest absolute Gasteiger partial charge is 0.211 e. The Kier molecular flexibility index (Phi) is 9.28. The SMILES string of the molecule is CN=C(NCC1CCN(S(C)(=O)=O)CC1)N1CCC(OCCCOC)CC1. The van der Waals surface area contributed by atoms with E-state index in [0.29, 0.717) is 25.1 Å². The van der Waals surface area contributed by atoms with Gasteiger partial charge >= 0.3 is 0 Å². The number of guanidine groups is 1. The number of piperidine rings is 2. The normalized spacial score (nSPS) is 21.6. The van der Waals surface area contributed by atoms with Crippen LogP contribution in [0.25, 0.3) is 0 Å². The number of nitrogens with one attached hydrogen (secondary N) is 1. The zero-order valence-electron chi connectivity index (χ0n) is 17.0. The summed E-state index contributed by atoms with van der Waals surface area (Å²) in [6.45, 7) is 5.49. The first-order valence-corrected chi connectivity index (χ1v) is 11.8. The molecule has 0 atom stereocenters. The molecule has 0 aromatic heterocycles. The molecule has 2 saturated heterocycles. The standard InChI is InChI=1S/C18H36N4O4S/c1-19-18(20-15-16-5-11-22(12-6-16)27(3,23)24)21-9-7-17(8-10-21)26-14-4-13-25-2/h16-17H,4-15H2,1-3H3,(H,19,20). The molecule has 158 valence electrons. The van der Waals surface area contributed by atoms with Crippen molar-refractivity contribution in [1.29, 1.82) is 0 Å². The van der Waals surface area contributed by atoms with Crippen LogP contribution in [0.5, 0.6) is 0 Å². The fourth-order valence-electron chi connectivity index (χ4n) is 3.70. The summed E-state index contributed by atoms with van der Waals surface area (Å²) in [4.78, 5) is 6.72. The molecule has 0 bridgehead atoms. The quantitative estimate of drug-likeness (QED) is 0.365. The van der Waals surface area contributed by atoms with E-state index in [1.165, 1.54) is 6.26 Å². The molecule has 8 nitrogen and oxygen atoms in total. The first kappa shape index (κ1) is 22.4. The number of hydrogen-bond acceptors (Lipinski definition) is 5. The van der Waals surface area contributed by atoms with Crippen LogP contribution in [0.15, 0.2) is 4.99 Å². The number of methoxy groups -OCH3 is 1. The van der Waals surface area contributed by atoms with E-state index < -0.39 is 10.0 Å². The third-order valence-corrected chi connectivity index (χ3v) is 6.69. The molecule has 0 aromatic carbocycles. The summed E-state index contributed by atoms with van der Waals surface area (Å²) >= 11 is 0. The highest BCUT2D eigenvalue weighted by Gasteiger charge is 2.26. The molecule has 0 radical (unpaired) electrons. The monoisotopic (exact) mass is 404 g/mol. The molecule has 2 aliphatic heterocycles. The summed E-state index contributed by atoms with van der Waals surface area (Å²) in [5, 5.41) is 3.49. The molecule has 0 amide bonds. The zero-order chi connectivity index (χ0) is 19.7. The lowest BCUT2D eigenvalue weighted by Gasteiger charge is -2.35. The Labute approximate surface area is 164 Å². The Morgan fingerprint density at radius 1 is 1.11 bits per heavy atom. The average Bonchev–Trinajstić information content (AvgIpc) is 2.66. The van der Waals surface area contributed by atoms with Gasteiger partial charge in [0.1, 0.15) is 0 Å². The Hall–Kier alpha value is -0.900. The van der Waals surface area contributed by atoms with E-state index in [1.807, 2.05) is 7.05 Å². The molecule has 0 aromatic rings. The summed E-state index contributed by atoms with van der Waals surface area (Å²) in [6, 6.07) is 0. The van der Waals surface area contributed by atoms with Crippen LogP contribution < -0.4 is 5.32 Å². The number of rotatable bonds is 8. The highest BCUT2D eigenvalue weighted by molar-refractivity contribution is 7.88. The summed E-state index contributed by atoms with van der Waals surface area (Å²) in [7, 11) is 0.480. The first-order chi connectivity index (χ1) is 12.9. The molecule has 0 aliphatic carbocycles. The van der Waals surface area contributed by atoms with Crippen molar-refractivity contribution in [2.75, 3.05) is 66.4 Å². The van der Waals surface area contributed by atoms with Gasteiger partial charge in [-0.25, -0.2) is 12.7 Å². The Balaban J connectivity index is 1.66. The molecule has 27 heavy (non-hydrogen) atoms. The first-order valence-electron chi connectivity index (χ1n) is 9.95. The number of likely N-dealkylation sites (tertiary alicyclic amines) is 1. The van der Waals surface area contributed by atoms with Crippen LogP contribution in [0.2, 0.25) is 0 Å². The molecule has 2 heterocycles. The predicted molar refractivity (Wildman–Crippen MR) is 108 cm³/mol. The van der Waals surface area contributed by atoms with Crippen LogP contribution in [0.4, 0.5) is 0 Å². The van der Waals surface area contributed by atoms with Crippen molar-refractivity contribution < 1.29 is 17.9 Å². The van der Waals surface area contributed by atoms with Gasteiger partial charge in [0, 0.05) is 60.1 Å². The van der Waals surface area contributed by atoms with Crippen LogP contribution in [-0.2, 0) is 19.5 Å². The fourth-order valence-corrected chi connectivity index (χ4v) is 4.57. The molecule has 0 saturated carbocycles. The van der Waals surface area contributed by atoms with Crippen LogP contribution in [0, 0.1) is 5.92 Å². The van der Waals surface area contributed by atoms with E-state index in [0.717, 1.165) is 70.9 Å². The van der Waals surface area contributed by atoms with Crippen molar-refractivity contribution in [3.05, 3.63) is 0 Å². The average molecular weight is 405 g/mol. The van der Waals surface area contributed by atoms with E-state index in [9.17, 15) is 8.42 Å². The topological polar surface area (TPSA) is 83.5 Å².